The van der Waals surface area contributed by atoms with E-state index in [4.69, 9.17) is 18.9 Å². The van der Waals surface area contributed by atoms with E-state index in [2.05, 4.69) is 0 Å². The molecule has 0 aliphatic heterocycles. The quantitative estimate of drug-likeness (QED) is 0.413. The van der Waals surface area contributed by atoms with Crippen LogP contribution in [0.15, 0.2) is 66.7 Å². The first kappa shape index (κ1) is 20.9. The highest BCUT2D eigenvalue weighted by Crippen LogP contribution is 2.25. The number of hydrogen-bond acceptors (Lipinski definition) is 6. The van der Waals surface area contributed by atoms with Gasteiger partial charge < -0.3 is 18.9 Å². The van der Waals surface area contributed by atoms with Gasteiger partial charge in [-0.2, -0.15) is 0 Å². The van der Waals surface area contributed by atoms with Gasteiger partial charge in [-0.1, -0.05) is 0 Å². The van der Waals surface area contributed by atoms with Crippen molar-refractivity contribution in [3.8, 4) is 23.0 Å². The number of carbonyl (C=O) groups is 2. The monoisotopic (exact) mass is 406 g/mol. The molecule has 0 atom stereocenters. The summed E-state index contributed by atoms with van der Waals surface area (Å²) in [5.74, 6) is 1.11. The lowest BCUT2D eigenvalue weighted by atomic mass is 10.2. The van der Waals surface area contributed by atoms with E-state index in [1.807, 2.05) is 6.92 Å². The number of benzene rings is 3. The Kier molecular flexibility index (Phi) is 6.70. The van der Waals surface area contributed by atoms with Gasteiger partial charge in [0.05, 0.1) is 24.8 Å². The first-order valence-electron chi connectivity index (χ1n) is 9.42. The SMILES string of the molecule is CCOc1ccc(C(=O)Oc2ccc(OC(=O)c3ccc(OC)cc3)cc2C)cc1. The Balaban J connectivity index is 1.65. The smallest absolute Gasteiger partial charge is 0.343 e. The number of hydrogen-bond donors (Lipinski definition) is 0. The summed E-state index contributed by atoms with van der Waals surface area (Å²) in [6, 6.07) is 18.2. The molecule has 0 aromatic heterocycles. The molecule has 6 heteroatoms. The second-order valence-corrected chi connectivity index (χ2v) is 6.39. The lowest BCUT2D eigenvalue weighted by molar-refractivity contribution is 0.0718. The predicted octanol–water partition coefficient (Wildman–Crippen LogP) is 4.84. The molecule has 0 spiro atoms. The van der Waals surface area contributed by atoms with Gasteiger partial charge in [0.25, 0.3) is 0 Å². The molecule has 0 aliphatic rings. The van der Waals surface area contributed by atoms with Crippen molar-refractivity contribution in [1.29, 1.82) is 0 Å². The van der Waals surface area contributed by atoms with E-state index in [1.54, 1.807) is 80.8 Å². The maximum atomic E-state index is 12.4. The Hall–Kier alpha value is -3.80. The topological polar surface area (TPSA) is 71.1 Å². The van der Waals surface area contributed by atoms with Gasteiger partial charge in [0.2, 0.25) is 0 Å². The Morgan fingerprint density at radius 2 is 1.27 bits per heavy atom. The largest absolute Gasteiger partial charge is 0.497 e. The minimum Gasteiger partial charge on any atom is -0.497 e. The lowest BCUT2D eigenvalue weighted by Crippen LogP contribution is -2.10. The summed E-state index contributed by atoms with van der Waals surface area (Å²) in [5, 5.41) is 0. The molecule has 3 rings (SSSR count). The van der Waals surface area contributed by atoms with E-state index in [-0.39, 0.29) is 0 Å². The normalized spacial score (nSPS) is 10.2. The Morgan fingerprint density at radius 1 is 0.733 bits per heavy atom. The lowest BCUT2D eigenvalue weighted by Gasteiger charge is -2.10. The van der Waals surface area contributed by atoms with Crippen LogP contribution < -0.4 is 18.9 Å². The molecule has 30 heavy (non-hydrogen) atoms. The van der Waals surface area contributed by atoms with Crippen LogP contribution in [0, 0.1) is 6.92 Å². The first-order valence-corrected chi connectivity index (χ1v) is 9.42. The molecule has 0 aliphatic carbocycles. The van der Waals surface area contributed by atoms with Crippen LogP contribution in [0.4, 0.5) is 0 Å². The molecule has 6 nitrogen and oxygen atoms in total. The zero-order valence-electron chi connectivity index (χ0n) is 17.0. The zero-order valence-corrected chi connectivity index (χ0v) is 17.0. The van der Waals surface area contributed by atoms with Crippen molar-refractivity contribution in [2.24, 2.45) is 0 Å². The van der Waals surface area contributed by atoms with Crippen LogP contribution >= 0.6 is 0 Å². The number of esters is 2. The number of rotatable bonds is 7. The Morgan fingerprint density at radius 3 is 1.80 bits per heavy atom. The van der Waals surface area contributed by atoms with Crippen LogP contribution in [0.25, 0.3) is 0 Å². The molecule has 0 fully saturated rings. The van der Waals surface area contributed by atoms with E-state index in [9.17, 15) is 9.59 Å². The van der Waals surface area contributed by atoms with Gasteiger partial charge in [0.1, 0.15) is 23.0 Å². The molecule has 3 aromatic rings. The fourth-order valence-electron chi connectivity index (χ4n) is 2.71. The van der Waals surface area contributed by atoms with Gasteiger partial charge in [-0.05, 0) is 86.1 Å². The van der Waals surface area contributed by atoms with E-state index in [0.29, 0.717) is 46.3 Å². The summed E-state index contributed by atoms with van der Waals surface area (Å²) >= 11 is 0. The average Bonchev–Trinajstić information content (AvgIpc) is 2.76. The molecular weight excluding hydrogens is 384 g/mol. The predicted molar refractivity (Wildman–Crippen MR) is 112 cm³/mol. The fourth-order valence-corrected chi connectivity index (χ4v) is 2.71. The third kappa shape index (κ3) is 5.17. The number of aryl methyl sites for hydroxylation is 1. The summed E-state index contributed by atoms with van der Waals surface area (Å²) < 4.78 is 21.3. The molecule has 0 saturated heterocycles. The van der Waals surface area contributed by atoms with Gasteiger partial charge in [-0.15, -0.1) is 0 Å². The van der Waals surface area contributed by atoms with Crippen LogP contribution in [0.1, 0.15) is 33.2 Å². The molecule has 154 valence electrons. The number of ether oxygens (including phenoxy) is 4. The van der Waals surface area contributed by atoms with E-state index < -0.39 is 11.9 Å². The second kappa shape index (κ2) is 9.60. The number of carbonyl (C=O) groups excluding carboxylic acids is 2. The summed E-state index contributed by atoms with van der Waals surface area (Å²) in [6.07, 6.45) is 0. The zero-order chi connectivity index (χ0) is 21.5. The minimum absolute atomic E-state index is 0.356. The van der Waals surface area contributed by atoms with Gasteiger partial charge >= 0.3 is 11.9 Å². The summed E-state index contributed by atoms with van der Waals surface area (Å²) in [7, 11) is 1.56. The van der Waals surface area contributed by atoms with Crippen LogP contribution in [0.3, 0.4) is 0 Å². The maximum absolute atomic E-state index is 12.4. The minimum atomic E-state index is -0.490. The first-order chi connectivity index (χ1) is 14.5. The standard InChI is InChI=1S/C24H22O6/c1-4-28-20-11-7-18(8-12-20)24(26)30-22-14-13-21(15-16(22)2)29-23(25)17-5-9-19(27-3)10-6-17/h5-15H,4H2,1-3H3. The van der Waals surface area contributed by atoms with Crippen molar-refractivity contribution in [3.63, 3.8) is 0 Å². The molecule has 0 saturated carbocycles. The van der Waals surface area contributed by atoms with Crippen LogP contribution in [-0.4, -0.2) is 25.7 Å². The fraction of sp³-hybridized carbons (Fsp3) is 0.167. The van der Waals surface area contributed by atoms with Gasteiger partial charge in [-0.25, -0.2) is 9.59 Å². The molecule has 0 amide bonds. The molecule has 0 bridgehead atoms. The summed E-state index contributed by atoms with van der Waals surface area (Å²) in [5.41, 5.74) is 1.47. The van der Waals surface area contributed by atoms with Crippen molar-refractivity contribution in [1.82, 2.24) is 0 Å². The van der Waals surface area contributed by atoms with E-state index in [0.717, 1.165) is 0 Å². The van der Waals surface area contributed by atoms with Crippen molar-refractivity contribution >= 4 is 11.9 Å². The summed E-state index contributed by atoms with van der Waals surface area (Å²) in [6.45, 7) is 4.22. The van der Waals surface area contributed by atoms with Crippen LogP contribution in [-0.2, 0) is 0 Å². The van der Waals surface area contributed by atoms with E-state index in [1.165, 1.54) is 0 Å². The summed E-state index contributed by atoms with van der Waals surface area (Å²) in [4.78, 5) is 24.7. The molecule has 0 radical (unpaired) electrons. The number of methoxy groups -OCH3 is 1. The van der Waals surface area contributed by atoms with Gasteiger partial charge in [0, 0.05) is 0 Å². The van der Waals surface area contributed by atoms with Crippen LogP contribution in [0.5, 0.6) is 23.0 Å². The van der Waals surface area contributed by atoms with Crippen LogP contribution in [0.2, 0.25) is 0 Å². The highest BCUT2D eigenvalue weighted by Gasteiger charge is 2.13. The Bertz CT molecular complexity index is 1020. The van der Waals surface area contributed by atoms with E-state index >= 15 is 0 Å². The van der Waals surface area contributed by atoms with Gasteiger partial charge in [-0.3, -0.25) is 0 Å². The van der Waals surface area contributed by atoms with Crippen molar-refractivity contribution < 1.29 is 28.5 Å². The van der Waals surface area contributed by atoms with Crippen molar-refractivity contribution in [3.05, 3.63) is 83.4 Å². The second-order valence-electron chi connectivity index (χ2n) is 6.39. The molecule has 3 aromatic carbocycles. The Labute approximate surface area is 175 Å². The van der Waals surface area contributed by atoms with Crippen molar-refractivity contribution in [2.45, 2.75) is 13.8 Å². The molecule has 0 heterocycles. The molecule has 0 N–H and O–H groups in total. The molecular formula is C24H22O6. The highest BCUT2D eigenvalue weighted by molar-refractivity contribution is 5.92. The highest BCUT2D eigenvalue weighted by atomic mass is 16.5. The van der Waals surface area contributed by atoms with Gasteiger partial charge in [0.15, 0.2) is 0 Å². The average molecular weight is 406 g/mol. The molecule has 0 unspecified atom stereocenters. The third-order valence-corrected chi connectivity index (χ3v) is 4.29. The van der Waals surface area contributed by atoms with Crippen molar-refractivity contribution in [2.75, 3.05) is 13.7 Å². The maximum Gasteiger partial charge on any atom is 0.343 e. The third-order valence-electron chi connectivity index (χ3n) is 4.29.